The maximum absolute atomic E-state index is 12.0. The number of carbonyl (C=O) groups is 2. The Kier molecular flexibility index (Phi) is 2.53. The number of carboxylic acid groups (broad SMARTS) is 1. The van der Waals surface area contributed by atoms with Crippen molar-refractivity contribution in [3.8, 4) is 0 Å². The van der Waals surface area contributed by atoms with Gasteiger partial charge in [0.1, 0.15) is 6.10 Å². The van der Waals surface area contributed by atoms with E-state index < -0.39 is 24.5 Å². The van der Waals surface area contributed by atoms with Gasteiger partial charge in [-0.3, -0.25) is 4.79 Å². The first-order valence-corrected chi connectivity index (χ1v) is 5.57. The number of ether oxygens (including phenoxy) is 2. The Morgan fingerprint density at radius 1 is 1.28 bits per heavy atom. The normalized spacial score (nSPS) is 30.6. The van der Waals surface area contributed by atoms with Gasteiger partial charge >= 0.3 is 5.97 Å². The van der Waals surface area contributed by atoms with Crippen molar-refractivity contribution in [1.29, 1.82) is 0 Å². The van der Waals surface area contributed by atoms with Crippen LogP contribution in [0.2, 0.25) is 0 Å². The topological polar surface area (TPSA) is 76.1 Å². The molecule has 2 fully saturated rings. The molecular formula is C12H11NO5. The quantitative estimate of drug-likeness (QED) is 0.811. The Labute approximate surface area is 103 Å². The van der Waals surface area contributed by atoms with Crippen LogP contribution in [-0.4, -0.2) is 42.0 Å². The van der Waals surface area contributed by atoms with Crippen molar-refractivity contribution in [3.05, 3.63) is 30.3 Å². The number of carbonyl (C=O) groups excluding carboxylic acids is 1. The number of fused-ring (bicyclic) bond motifs is 2. The summed E-state index contributed by atoms with van der Waals surface area (Å²) in [4.78, 5) is 24.5. The van der Waals surface area contributed by atoms with E-state index in [1.54, 1.807) is 12.1 Å². The van der Waals surface area contributed by atoms with Crippen LogP contribution in [0.25, 0.3) is 0 Å². The van der Waals surface area contributed by atoms with Gasteiger partial charge in [0.15, 0.2) is 6.10 Å². The first-order chi connectivity index (χ1) is 8.66. The molecule has 0 aliphatic carbocycles. The summed E-state index contributed by atoms with van der Waals surface area (Å²) in [5.74, 6) is -1.47. The average Bonchev–Trinajstić information content (AvgIpc) is 2.74. The van der Waals surface area contributed by atoms with E-state index in [0.29, 0.717) is 0 Å². The van der Waals surface area contributed by atoms with Crippen molar-refractivity contribution < 1.29 is 24.2 Å². The van der Waals surface area contributed by atoms with Gasteiger partial charge < -0.3 is 19.5 Å². The van der Waals surface area contributed by atoms with Gasteiger partial charge in [0.05, 0.1) is 6.54 Å². The molecule has 1 aromatic carbocycles. The minimum atomic E-state index is -1.11. The molecule has 0 aromatic heterocycles. The third kappa shape index (κ3) is 1.66. The van der Waals surface area contributed by atoms with Gasteiger partial charge in [-0.1, -0.05) is 18.2 Å². The van der Waals surface area contributed by atoms with E-state index in [1.165, 1.54) is 4.90 Å². The number of benzene rings is 1. The molecule has 2 heterocycles. The predicted molar refractivity (Wildman–Crippen MR) is 60.0 cm³/mol. The summed E-state index contributed by atoms with van der Waals surface area (Å²) in [6.45, 7) is 0.191. The predicted octanol–water partition coefficient (Wildman–Crippen LogP) is 0.228. The minimum absolute atomic E-state index is 0.191. The number of morpholine rings is 1. The zero-order valence-corrected chi connectivity index (χ0v) is 9.35. The molecule has 6 heteroatoms. The number of aliphatic carboxylic acids is 1. The molecule has 94 valence electrons. The van der Waals surface area contributed by atoms with Crippen LogP contribution in [0.3, 0.4) is 0 Å². The van der Waals surface area contributed by atoms with Crippen molar-refractivity contribution >= 4 is 17.6 Å². The van der Waals surface area contributed by atoms with Crippen molar-refractivity contribution in [3.63, 3.8) is 0 Å². The zero-order valence-electron chi connectivity index (χ0n) is 9.35. The van der Waals surface area contributed by atoms with E-state index in [2.05, 4.69) is 0 Å². The number of hydrogen-bond acceptors (Lipinski definition) is 4. The molecule has 2 aliphatic heterocycles. The molecule has 2 saturated heterocycles. The van der Waals surface area contributed by atoms with Gasteiger partial charge in [0, 0.05) is 5.69 Å². The molecule has 0 unspecified atom stereocenters. The van der Waals surface area contributed by atoms with Crippen molar-refractivity contribution in [2.75, 3.05) is 11.4 Å². The van der Waals surface area contributed by atoms with Crippen LogP contribution in [0.15, 0.2) is 30.3 Å². The number of carboxylic acids is 1. The molecule has 3 atom stereocenters. The lowest BCUT2D eigenvalue weighted by Crippen LogP contribution is -2.49. The number of rotatable bonds is 2. The molecule has 2 aliphatic rings. The second-order valence-corrected chi connectivity index (χ2v) is 4.19. The third-order valence-corrected chi connectivity index (χ3v) is 3.05. The third-order valence-electron chi connectivity index (χ3n) is 3.05. The summed E-state index contributed by atoms with van der Waals surface area (Å²) >= 11 is 0. The highest BCUT2D eigenvalue weighted by Crippen LogP contribution is 2.30. The second kappa shape index (κ2) is 4.08. The summed E-state index contributed by atoms with van der Waals surface area (Å²) in [6, 6.07) is 9.06. The molecule has 2 bridgehead atoms. The van der Waals surface area contributed by atoms with Crippen LogP contribution in [-0.2, 0) is 19.1 Å². The SMILES string of the molecule is O=C(O)[C@H]1O[C@H]2O[C@H]1CN(c1ccccc1)C2=O. The molecule has 0 spiro atoms. The number of nitrogens with zero attached hydrogens (tertiary/aromatic N) is 1. The van der Waals surface area contributed by atoms with Crippen LogP contribution in [0.5, 0.6) is 0 Å². The molecular weight excluding hydrogens is 238 g/mol. The molecule has 1 aromatic rings. The van der Waals surface area contributed by atoms with Gasteiger partial charge in [0.25, 0.3) is 5.91 Å². The average molecular weight is 249 g/mol. The largest absolute Gasteiger partial charge is 0.479 e. The smallest absolute Gasteiger partial charge is 0.335 e. The van der Waals surface area contributed by atoms with Crippen LogP contribution < -0.4 is 4.90 Å². The fraction of sp³-hybridized carbons (Fsp3) is 0.333. The molecule has 1 amide bonds. The lowest BCUT2D eigenvalue weighted by Gasteiger charge is -2.30. The first-order valence-electron chi connectivity index (χ1n) is 5.57. The van der Waals surface area contributed by atoms with Gasteiger partial charge in [-0.2, -0.15) is 0 Å². The lowest BCUT2D eigenvalue weighted by atomic mass is 10.1. The van der Waals surface area contributed by atoms with Gasteiger partial charge in [0.2, 0.25) is 6.29 Å². The number of amides is 1. The van der Waals surface area contributed by atoms with Gasteiger partial charge in [-0.05, 0) is 12.1 Å². The molecule has 0 radical (unpaired) electrons. The zero-order chi connectivity index (χ0) is 12.7. The summed E-state index contributed by atoms with van der Waals surface area (Å²) in [7, 11) is 0. The second-order valence-electron chi connectivity index (χ2n) is 4.19. The van der Waals surface area contributed by atoms with E-state index in [4.69, 9.17) is 14.6 Å². The van der Waals surface area contributed by atoms with Crippen LogP contribution in [0.4, 0.5) is 5.69 Å². The number of anilines is 1. The Balaban J connectivity index is 1.88. The van der Waals surface area contributed by atoms with Crippen LogP contribution in [0.1, 0.15) is 0 Å². The number of hydrogen-bond donors (Lipinski definition) is 1. The number of para-hydroxylation sites is 1. The molecule has 1 N–H and O–H groups in total. The highest BCUT2D eigenvalue weighted by atomic mass is 16.7. The van der Waals surface area contributed by atoms with E-state index in [0.717, 1.165) is 5.69 Å². The van der Waals surface area contributed by atoms with Crippen molar-refractivity contribution in [2.24, 2.45) is 0 Å². The Morgan fingerprint density at radius 3 is 2.67 bits per heavy atom. The minimum Gasteiger partial charge on any atom is -0.479 e. The first kappa shape index (κ1) is 11.2. The van der Waals surface area contributed by atoms with E-state index >= 15 is 0 Å². The lowest BCUT2D eigenvalue weighted by molar-refractivity contribution is -0.157. The fourth-order valence-electron chi connectivity index (χ4n) is 2.19. The van der Waals surface area contributed by atoms with Crippen molar-refractivity contribution in [2.45, 2.75) is 18.5 Å². The molecule has 18 heavy (non-hydrogen) atoms. The molecule has 0 saturated carbocycles. The summed E-state index contributed by atoms with van der Waals surface area (Å²) < 4.78 is 10.3. The van der Waals surface area contributed by atoms with Gasteiger partial charge in [-0.15, -0.1) is 0 Å². The summed E-state index contributed by atoms with van der Waals surface area (Å²) in [6.07, 6.45) is -2.80. The Hall–Kier alpha value is -1.92. The maximum atomic E-state index is 12.0. The summed E-state index contributed by atoms with van der Waals surface area (Å²) in [5.41, 5.74) is 0.718. The fourth-order valence-corrected chi connectivity index (χ4v) is 2.19. The molecule has 3 rings (SSSR count). The van der Waals surface area contributed by atoms with E-state index in [-0.39, 0.29) is 12.5 Å². The van der Waals surface area contributed by atoms with Crippen LogP contribution >= 0.6 is 0 Å². The standard InChI is InChI=1S/C12H11NO5/c14-10-12-17-8(9(18-12)11(15)16)6-13(10)7-4-2-1-3-5-7/h1-5,8-9,12H,6H2,(H,15,16)/t8-,9-,12+/m0/s1. The Morgan fingerprint density at radius 2 is 2.00 bits per heavy atom. The monoisotopic (exact) mass is 249 g/mol. The Bertz CT molecular complexity index is 489. The van der Waals surface area contributed by atoms with Crippen LogP contribution in [0, 0.1) is 0 Å². The van der Waals surface area contributed by atoms with E-state index in [9.17, 15) is 9.59 Å². The summed E-state index contributed by atoms with van der Waals surface area (Å²) in [5, 5.41) is 8.97. The highest BCUT2D eigenvalue weighted by Gasteiger charge is 2.50. The maximum Gasteiger partial charge on any atom is 0.335 e. The van der Waals surface area contributed by atoms with Crippen molar-refractivity contribution in [1.82, 2.24) is 0 Å². The van der Waals surface area contributed by atoms with Gasteiger partial charge in [-0.25, -0.2) is 4.79 Å². The van der Waals surface area contributed by atoms with E-state index in [1.807, 2.05) is 18.2 Å². The highest BCUT2D eigenvalue weighted by molar-refractivity contribution is 5.97. The molecule has 6 nitrogen and oxygen atoms in total.